The molecule has 0 spiro atoms. The molecule has 1 fully saturated rings. The first-order valence-corrected chi connectivity index (χ1v) is 8.13. The minimum absolute atomic E-state index is 0.228. The third-order valence-corrected chi connectivity index (χ3v) is 4.70. The van der Waals surface area contributed by atoms with Gasteiger partial charge < -0.3 is 24.4 Å². The highest BCUT2D eigenvalue weighted by atomic mass is 16.5. The normalized spacial score (nSPS) is 21.2. The van der Waals surface area contributed by atoms with E-state index >= 15 is 0 Å². The van der Waals surface area contributed by atoms with Crippen molar-refractivity contribution in [1.82, 2.24) is 9.80 Å². The van der Waals surface area contributed by atoms with Crippen LogP contribution in [0.3, 0.4) is 0 Å². The van der Waals surface area contributed by atoms with Crippen LogP contribution in [0.25, 0.3) is 0 Å². The van der Waals surface area contributed by atoms with Crippen molar-refractivity contribution in [3.8, 4) is 11.5 Å². The van der Waals surface area contributed by atoms with Crippen LogP contribution in [0, 0.1) is 5.41 Å². The summed E-state index contributed by atoms with van der Waals surface area (Å²) in [5, 5.41) is 9.55. The lowest BCUT2D eigenvalue weighted by Crippen LogP contribution is -2.35. The highest BCUT2D eigenvalue weighted by Crippen LogP contribution is 2.33. The molecule has 6 nitrogen and oxygen atoms in total. The van der Waals surface area contributed by atoms with Gasteiger partial charge in [-0.05, 0) is 38.5 Å². The number of aromatic carboxylic acids is 1. The van der Waals surface area contributed by atoms with Gasteiger partial charge in [0.1, 0.15) is 11.5 Å². The maximum atomic E-state index is 11.7. The van der Waals surface area contributed by atoms with Gasteiger partial charge in [0.25, 0.3) is 0 Å². The number of carbonyl (C=O) groups is 1. The van der Waals surface area contributed by atoms with Crippen LogP contribution in [0.1, 0.15) is 29.3 Å². The van der Waals surface area contributed by atoms with Gasteiger partial charge in [0, 0.05) is 31.3 Å². The zero-order valence-corrected chi connectivity index (χ0v) is 15.3. The van der Waals surface area contributed by atoms with E-state index in [-0.39, 0.29) is 11.0 Å². The molecule has 0 unspecified atom stereocenters. The van der Waals surface area contributed by atoms with Crippen molar-refractivity contribution in [1.29, 1.82) is 0 Å². The zero-order valence-electron chi connectivity index (χ0n) is 15.3. The molecule has 1 atom stereocenters. The Morgan fingerprint density at radius 2 is 2.08 bits per heavy atom. The quantitative estimate of drug-likeness (QED) is 0.823. The fourth-order valence-corrected chi connectivity index (χ4v) is 3.65. The summed E-state index contributed by atoms with van der Waals surface area (Å²) in [5.74, 6) is 0.0646. The Kier molecular flexibility index (Phi) is 5.72. The molecule has 2 rings (SSSR count). The molecule has 1 aliphatic heterocycles. The van der Waals surface area contributed by atoms with E-state index in [1.165, 1.54) is 7.11 Å². The first-order chi connectivity index (χ1) is 11.3. The highest BCUT2D eigenvalue weighted by molar-refractivity contribution is 5.91. The molecule has 1 aromatic carbocycles. The van der Waals surface area contributed by atoms with Crippen molar-refractivity contribution in [2.45, 2.75) is 19.9 Å². The standard InChI is InChI=1S/C18H28N2O4/c1-18(6-7-19(2)11-18)12-20(3)10-15-14(17(21)22)8-13(23-4)9-16(15)24-5/h8-9H,6-7,10-12H2,1-5H3,(H,21,22)/t18-/m0/s1. The molecule has 1 N–H and O–H groups in total. The van der Waals surface area contributed by atoms with E-state index in [0.29, 0.717) is 23.6 Å². The molecule has 0 aliphatic carbocycles. The summed E-state index contributed by atoms with van der Waals surface area (Å²) in [5.41, 5.74) is 1.14. The molecule has 0 saturated carbocycles. The van der Waals surface area contributed by atoms with Gasteiger partial charge in [-0.2, -0.15) is 0 Å². The number of nitrogens with zero attached hydrogens (tertiary/aromatic N) is 2. The highest BCUT2D eigenvalue weighted by Gasteiger charge is 2.33. The molecule has 1 aliphatic rings. The minimum atomic E-state index is -0.970. The van der Waals surface area contributed by atoms with Gasteiger partial charge in [-0.25, -0.2) is 4.79 Å². The third kappa shape index (κ3) is 4.19. The Morgan fingerprint density at radius 1 is 1.38 bits per heavy atom. The van der Waals surface area contributed by atoms with E-state index < -0.39 is 5.97 Å². The lowest BCUT2D eigenvalue weighted by atomic mass is 9.89. The average Bonchev–Trinajstić information content (AvgIpc) is 2.85. The lowest BCUT2D eigenvalue weighted by Gasteiger charge is -2.30. The molecule has 0 radical (unpaired) electrons. The molecule has 1 aromatic rings. The van der Waals surface area contributed by atoms with Crippen molar-refractivity contribution in [3.63, 3.8) is 0 Å². The monoisotopic (exact) mass is 336 g/mol. The second-order valence-corrected chi connectivity index (χ2v) is 7.13. The molecule has 24 heavy (non-hydrogen) atoms. The molecule has 134 valence electrons. The summed E-state index contributed by atoms with van der Waals surface area (Å²) in [6.45, 7) is 5.88. The second-order valence-electron chi connectivity index (χ2n) is 7.13. The predicted octanol–water partition coefficient (Wildman–Crippen LogP) is 2.18. The third-order valence-electron chi connectivity index (χ3n) is 4.70. The van der Waals surface area contributed by atoms with Crippen molar-refractivity contribution in [3.05, 3.63) is 23.3 Å². The summed E-state index contributed by atoms with van der Waals surface area (Å²) in [6, 6.07) is 3.29. The van der Waals surface area contributed by atoms with Gasteiger partial charge in [0.15, 0.2) is 0 Å². The van der Waals surface area contributed by atoms with Crippen LogP contribution in [-0.4, -0.2) is 68.8 Å². The van der Waals surface area contributed by atoms with Crippen molar-refractivity contribution >= 4 is 5.97 Å². The molecule has 0 bridgehead atoms. The fraction of sp³-hybridized carbons (Fsp3) is 0.611. The number of benzene rings is 1. The van der Waals surface area contributed by atoms with Gasteiger partial charge >= 0.3 is 5.97 Å². The Morgan fingerprint density at radius 3 is 2.58 bits per heavy atom. The number of hydrogen-bond acceptors (Lipinski definition) is 5. The Balaban J connectivity index is 2.22. The summed E-state index contributed by atoms with van der Waals surface area (Å²) >= 11 is 0. The molecule has 0 amide bonds. The van der Waals surface area contributed by atoms with E-state index in [4.69, 9.17) is 9.47 Å². The van der Waals surface area contributed by atoms with Gasteiger partial charge in [0.2, 0.25) is 0 Å². The topological polar surface area (TPSA) is 62.2 Å². The van der Waals surface area contributed by atoms with Crippen molar-refractivity contribution in [2.24, 2.45) is 5.41 Å². The number of hydrogen-bond donors (Lipinski definition) is 1. The number of ether oxygens (including phenoxy) is 2. The SMILES string of the molecule is COc1cc(OC)c(CN(C)C[C@@]2(C)CCN(C)C2)c(C(=O)O)c1. The van der Waals surface area contributed by atoms with Gasteiger partial charge in [0.05, 0.1) is 19.8 Å². The summed E-state index contributed by atoms with van der Waals surface area (Å²) < 4.78 is 10.6. The number of methoxy groups -OCH3 is 2. The van der Waals surface area contributed by atoms with Crippen LogP contribution >= 0.6 is 0 Å². The van der Waals surface area contributed by atoms with Crippen LogP contribution in [0.15, 0.2) is 12.1 Å². The van der Waals surface area contributed by atoms with E-state index in [2.05, 4.69) is 23.8 Å². The number of carboxylic acids is 1. The number of rotatable bonds is 7. The lowest BCUT2D eigenvalue weighted by molar-refractivity contribution is 0.0693. The van der Waals surface area contributed by atoms with Gasteiger partial charge in [-0.3, -0.25) is 0 Å². The Bertz CT molecular complexity index is 605. The van der Waals surface area contributed by atoms with Crippen LogP contribution in [0.4, 0.5) is 0 Å². The zero-order chi connectivity index (χ0) is 17.9. The number of carboxylic acid groups (broad SMARTS) is 1. The summed E-state index contributed by atoms with van der Waals surface area (Å²) in [7, 11) is 7.24. The molecule has 1 heterocycles. The average molecular weight is 336 g/mol. The van der Waals surface area contributed by atoms with Crippen LogP contribution < -0.4 is 9.47 Å². The van der Waals surface area contributed by atoms with Crippen LogP contribution in [0.5, 0.6) is 11.5 Å². The molecular weight excluding hydrogens is 308 g/mol. The predicted molar refractivity (Wildman–Crippen MR) is 93.1 cm³/mol. The summed E-state index contributed by atoms with van der Waals surface area (Å²) in [4.78, 5) is 16.2. The Hall–Kier alpha value is -1.79. The maximum Gasteiger partial charge on any atom is 0.336 e. The molecule has 0 aromatic heterocycles. The fourth-order valence-electron chi connectivity index (χ4n) is 3.65. The van der Waals surface area contributed by atoms with Gasteiger partial charge in [-0.15, -0.1) is 0 Å². The molecule has 1 saturated heterocycles. The second kappa shape index (κ2) is 7.40. The van der Waals surface area contributed by atoms with Crippen molar-refractivity contribution < 1.29 is 19.4 Å². The van der Waals surface area contributed by atoms with E-state index in [0.717, 1.165) is 26.1 Å². The van der Waals surface area contributed by atoms with Crippen molar-refractivity contribution in [2.75, 3.05) is 47.9 Å². The van der Waals surface area contributed by atoms with Crippen LogP contribution in [0.2, 0.25) is 0 Å². The van der Waals surface area contributed by atoms with E-state index in [9.17, 15) is 9.90 Å². The number of likely N-dealkylation sites (tertiary alicyclic amines) is 1. The largest absolute Gasteiger partial charge is 0.497 e. The summed E-state index contributed by atoms with van der Waals surface area (Å²) in [6.07, 6.45) is 1.15. The minimum Gasteiger partial charge on any atom is -0.497 e. The van der Waals surface area contributed by atoms with E-state index in [1.807, 2.05) is 7.05 Å². The smallest absolute Gasteiger partial charge is 0.336 e. The molecular formula is C18H28N2O4. The first kappa shape index (κ1) is 18.5. The first-order valence-electron chi connectivity index (χ1n) is 8.13. The maximum absolute atomic E-state index is 11.7. The van der Waals surface area contributed by atoms with Crippen LogP contribution in [-0.2, 0) is 6.54 Å². The van der Waals surface area contributed by atoms with Gasteiger partial charge in [-0.1, -0.05) is 6.92 Å². The molecule has 6 heteroatoms. The Labute approximate surface area is 144 Å². The van der Waals surface area contributed by atoms with E-state index in [1.54, 1.807) is 19.2 Å².